The molecular formula is C2H7Cl4OP. The molecule has 1 atom stereocenters. The molecule has 0 bridgehead atoms. The molecular weight excluding hydrogens is 213 g/mol. The Labute approximate surface area is 73.7 Å². The molecule has 0 amide bonds. The summed E-state index contributed by atoms with van der Waals surface area (Å²) in [6, 6.07) is 0. The van der Waals surface area contributed by atoms with E-state index in [-0.39, 0.29) is 50.7 Å². The van der Waals surface area contributed by atoms with Crippen LogP contribution < -0.4 is 0 Å². The molecule has 0 saturated carbocycles. The van der Waals surface area contributed by atoms with Gasteiger partial charge in [0.15, 0.2) is 5.52 Å². The van der Waals surface area contributed by atoms with Crippen molar-refractivity contribution in [2.45, 2.75) is 6.92 Å². The highest BCUT2D eigenvalue weighted by molar-refractivity contribution is 7.82. The van der Waals surface area contributed by atoms with E-state index in [2.05, 4.69) is 0 Å². The molecule has 0 saturated heterocycles. The molecule has 1 nitrogen and oxygen atoms in total. The van der Waals surface area contributed by atoms with Crippen molar-refractivity contribution in [3.05, 3.63) is 0 Å². The van der Waals surface area contributed by atoms with Gasteiger partial charge in [-0.2, -0.15) is 0 Å². The summed E-state index contributed by atoms with van der Waals surface area (Å²) in [7, 11) is -0.0525. The molecule has 0 radical (unpaired) electrons. The topological polar surface area (TPSA) is 17.1 Å². The van der Waals surface area contributed by atoms with Crippen LogP contribution in [0.4, 0.5) is 0 Å². The Hall–Kier alpha value is 1.26. The average Bonchev–Trinajstić information content (AvgIpc) is 1.38. The third-order valence-corrected chi connectivity index (χ3v) is 1.20. The van der Waals surface area contributed by atoms with Crippen LogP contribution in [0.15, 0.2) is 0 Å². The monoisotopic (exact) mass is 218 g/mol. The molecule has 0 N–H and O–H groups in total. The molecule has 8 heavy (non-hydrogen) atoms. The van der Waals surface area contributed by atoms with Crippen LogP contribution in [0.25, 0.3) is 0 Å². The third kappa shape index (κ3) is 26.8. The van der Waals surface area contributed by atoms with Crippen molar-refractivity contribution in [2.75, 3.05) is 0 Å². The number of rotatable bonds is 1. The van der Waals surface area contributed by atoms with Crippen LogP contribution in [0, 0.1) is 0 Å². The minimum Gasteiger partial charge on any atom is -0.294 e. The Kier molecular flexibility index (Phi) is 44.9. The number of hydrogen-bond acceptors (Lipinski definition) is 1. The molecule has 0 aromatic rings. The molecule has 0 aliphatic carbocycles. The van der Waals surface area contributed by atoms with Gasteiger partial charge in [-0.05, 0) is 6.92 Å². The van der Waals surface area contributed by atoms with Crippen LogP contribution in [-0.4, -0.2) is 5.52 Å². The van der Waals surface area contributed by atoms with E-state index in [1.54, 1.807) is 0 Å². The second kappa shape index (κ2) is 15.7. The van der Waals surface area contributed by atoms with E-state index in [0.29, 0.717) is 0 Å². The van der Waals surface area contributed by atoms with Gasteiger partial charge in [-0.25, -0.2) is 0 Å². The number of carbonyl (C=O) groups is 1. The standard InChI is InChI=1S/C2H4ClOP.3ClH/c1-2(4)5-3;;;/h5H,1H3;3*1H. The van der Waals surface area contributed by atoms with E-state index in [1.807, 2.05) is 0 Å². The molecule has 0 aliphatic heterocycles. The SMILES string of the molecule is CC(=O)PCl.Cl.Cl.Cl. The predicted molar refractivity (Wildman–Crippen MR) is 46.6 cm³/mol. The molecule has 0 rings (SSSR count). The largest absolute Gasteiger partial charge is 0.294 e. The highest BCUT2D eigenvalue weighted by Gasteiger charge is 1.79. The molecule has 0 aliphatic rings. The molecule has 0 heterocycles. The maximum absolute atomic E-state index is 9.69. The first-order chi connectivity index (χ1) is 2.27. The first kappa shape index (κ1) is 22.8. The summed E-state index contributed by atoms with van der Waals surface area (Å²) in [4.78, 5) is 9.69. The van der Waals surface area contributed by atoms with E-state index in [1.165, 1.54) is 6.92 Å². The Balaban J connectivity index is -0.0000000267. The van der Waals surface area contributed by atoms with Crippen molar-refractivity contribution in [2.24, 2.45) is 0 Å². The van der Waals surface area contributed by atoms with Crippen LogP contribution >= 0.6 is 56.4 Å². The molecule has 0 spiro atoms. The molecule has 6 heteroatoms. The zero-order valence-corrected chi connectivity index (χ0v) is 8.22. The summed E-state index contributed by atoms with van der Waals surface area (Å²) >= 11 is 5.01. The van der Waals surface area contributed by atoms with Crippen molar-refractivity contribution < 1.29 is 4.79 Å². The zero-order chi connectivity index (χ0) is 4.28. The van der Waals surface area contributed by atoms with Gasteiger partial charge in [0.25, 0.3) is 0 Å². The van der Waals surface area contributed by atoms with E-state index >= 15 is 0 Å². The van der Waals surface area contributed by atoms with Gasteiger partial charge in [-0.1, -0.05) is 11.2 Å². The smallest absolute Gasteiger partial charge is 0.163 e. The third-order valence-electron chi connectivity index (χ3n) is 0.133. The normalized spacial score (nSPS) is 6.25. The van der Waals surface area contributed by atoms with Crippen molar-refractivity contribution in [3.63, 3.8) is 0 Å². The summed E-state index contributed by atoms with van der Waals surface area (Å²) in [5.41, 5.74) is 0.0478. The highest BCUT2D eigenvalue weighted by Crippen LogP contribution is 2.14. The summed E-state index contributed by atoms with van der Waals surface area (Å²) in [5.74, 6) is 0. The fourth-order valence-electron chi connectivity index (χ4n) is 0. The molecule has 0 aromatic heterocycles. The van der Waals surface area contributed by atoms with Crippen LogP contribution in [0.5, 0.6) is 0 Å². The maximum Gasteiger partial charge on any atom is 0.163 e. The zero-order valence-electron chi connectivity index (χ0n) is 4.01. The predicted octanol–water partition coefficient (Wildman–Crippen LogP) is 2.63. The van der Waals surface area contributed by atoms with Crippen LogP contribution in [0.3, 0.4) is 0 Å². The van der Waals surface area contributed by atoms with Gasteiger partial charge >= 0.3 is 0 Å². The van der Waals surface area contributed by atoms with Gasteiger partial charge < -0.3 is 0 Å². The average molecular weight is 220 g/mol. The van der Waals surface area contributed by atoms with Gasteiger partial charge in [-0.15, -0.1) is 37.2 Å². The lowest BCUT2D eigenvalue weighted by Crippen LogP contribution is -1.65. The summed E-state index contributed by atoms with van der Waals surface area (Å²) in [6.45, 7) is 1.46. The molecule has 0 aromatic carbocycles. The first-order valence-electron chi connectivity index (χ1n) is 1.14. The van der Waals surface area contributed by atoms with Crippen molar-refractivity contribution in [1.82, 2.24) is 0 Å². The van der Waals surface area contributed by atoms with Crippen molar-refractivity contribution in [3.8, 4) is 0 Å². The minimum atomic E-state index is -0.0525. The van der Waals surface area contributed by atoms with Gasteiger partial charge in [-0.3, -0.25) is 4.79 Å². The summed E-state index contributed by atoms with van der Waals surface area (Å²) < 4.78 is 0. The van der Waals surface area contributed by atoms with Crippen LogP contribution in [0.1, 0.15) is 6.92 Å². The fourth-order valence-corrected chi connectivity index (χ4v) is 0. The highest BCUT2D eigenvalue weighted by atomic mass is 35.7. The lowest BCUT2D eigenvalue weighted by atomic mass is 10.9. The molecule has 1 unspecified atom stereocenters. The van der Waals surface area contributed by atoms with E-state index < -0.39 is 0 Å². The van der Waals surface area contributed by atoms with Crippen molar-refractivity contribution >= 4 is 61.9 Å². The first-order valence-corrected chi connectivity index (χ1v) is 3.15. The lowest BCUT2D eigenvalue weighted by molar-refractivity contribution is -0.109. The summed E-state index contributed by atoms with van der Waals surface area (Å²) in [6.07, 6.45) is 0. The van der Waals surface area contributed by atoms with Crippen LogP contribution in [0.2, 0.25) is 0 Å². The van der Waals surface area contributed by atoms with Gasteiger partial charge in [0.1, 0.15) is 0 Å². The maximum atomic E-state index is 9.69. The quantitative estimate of drug-likeness (QED) is 0.620. The Morgan fingerprint density at radius 1 is 1.38 bits per heavy atom. The summed E-state index contributed by atoms with van der Waals surface area (Å²) in [5, 5.41) is 0. The number of hydrogen-bond donors (Lipinski definition) is 0. The Bertz CT molecular complexity index is 49.3. The van der Waals surface area contributed by atoms with E-state index in [0.717, 1.165) is 0 Å². The minimum absolute atomic E-state index is 0. The lowest BCUT2D eigenvalue weighted by Gasteiger charge is -1.69. The van der Waals surface area contributed by atoms with Gasteiger partial charge in [0, 0.05) is 7.93 Å². The fraction of sp³-hybridized carbons (Fsp3) is 0.500. The van der Waals surface area contributed by atoms with E-state index in [4.69, 9.17) is 11.2 Å². The van der Waals surface area contributed by atoms with Crippen molar-refractivity contribution in [1.29, 1.82) is 0 Å². The Morgan fingerprint density at radius 2 is 1.50 bits per heavy atom. The second-order valence-electron chi connectivity index (χ2n) is 0.651. The molecule has 0 fully saturated rings. The number of halogens is 4. The Morgan fingerprint density at radius 3 is 1.50 bits per heavy atom. The van der Waals surface area contributed by atoms with E-state index in [9.17, 15) is 4.79 Å². The van der Waals surface area contributed by atoms with Crippen LogP contribution in [-0.2, 0) is 4.79 Å². The second-order valence-corrected chi connectivity index (χ2v) is 2.11. The number of carbonyl (C=O) groups excluding carboxylic acids is 1. The van der Waals surface area contributed by atoms with Gasteiger partial charge in [0.2, 0.25) is 0 Å². The molecule has 54 valence electrons. The van der Waals surface area contributed by atoms with Gasteiger partial charge in [0.05, 0.1) is 0 Å².